The van der Waals surface area contributed by atoms with Gasteiger partial charge in [0.25, 0.3) is 0 Å². The average Bonchev–Trinajstić information content (AvgIpc) is 2.67. The molecule has 0 saturated carbocycles. The average molecular weight is 211 g/mol. The molecule has 1 aromatic rings. The van der Waals surface area contributed by atoms with Crippen LogP contribution in [0.2, 0.25) is 0 Å². The molecule has 0 bridgehead atoms. The van der Waals surface area contributed by atoms with Gasteiger partial charge in [0.15, 0.2) is 0 Å². The van der Waals surface area contributed by atoms with E-state index in [2.05, 4.69) is 43.6 Å². The highest BCUT2D eigenvalue weighted by molar-refractivity contribution is 7.10. The Morgan fingerprint density at radius 1 is 1.43 bits per heavy atom. The summed E-state index contributed by atoms with van der Waals surface area (Å²) in [5.74, 6) is 0. The standard InChI is InChI=1S/C12H21NS/c1-4-7-10(3)13-11(5-2)12-8-6-9-14-12/h6,8-11,13H,4-5,7H2,1-3H3. The van der Waals surface area contributed by atoms with E-state index in [9.17, 15) is 0 Å². The van der Waals surface area contributed by atoms with Gasteiger partial charge in [-0.2, -0.15) is 0 Å². The zero-order valence-electron chi connectivity index (χ0n) is 9.42. The Kier molecular flexibility index (Phi) is 5.20. The van der Waals surface area contributed by atoms with Crippen LogP contribution in [0.15, 0.2) is 17.5 Å². The van der Waals surface area contributed by atoms with Crippen LogP contribution in [0, 0.1) is 0 Å². The molecule has 0 aliphatic rings. The van der Waals surface area contributed by atoms with Crippen LogP contribution in [0.25, 0.3) is 0 Å². The minimum Gasteiger partial charge on any atom is -0.307 e. The van der Waals surface area contributed by atoms with Crippen LogP contribution in [-0.2, 0) is 0 Å². The van der Waals surface area contributed by atoms with Crippen LogP contribution in [0.1, 0.15) is 51.0 Å². The van der Waals surface area contributed by atoms with Crippen molar-refractivity contribution in [1.82, 2.24) is 5.32 Å². The van der Waals surface area contributed by atoms with Crippen molar-refractivity contribution >= 4 is 11.3 Å². The van der Waals surface area contributed by atoms with Crippen molar-refractivity contribution in [2.75, 3.05) is 0 Å². The largest absolute Gasteiger partial charge is 0.307 e. The molecular weight excluding hydrogens is 190 g/mol. The molecule has 0 aromatic carbocycles. The predicted molar refractivity (Wildman–Crippen MR) is 64.9 cm³/mol. The summed E-state index contributed by atoms with van der Waals surface area (Å²) in [4.78, 5) is 1.47. The summed E-state index contributed by atoms with van der Waals surface area (Å²) in [6, 6.07) is 5.54. The summed E-state index contributed by atoms with van der Waals surface area (Å²) in [7, 11) is 0. The van der Waals surface area contributed by atoms with Gasteiger partial charge in [0, 0.05) is 17.0 Å². The fraction of sp³-hybridized carbons (Fsp3) is 0.667. The van der Waals surface area contributed by atoms with Gasteiger partial charge < -0.3 is 5.32 Å². The van der Waals surface area contributed by atoms with E-state index < -0.39 is 0 Å². The Bertz CT molecular complexity index is 230. The Hall–Kier alpha value is -0.340. The molecule has 1 rings (SSSR count). The van der Waals surface area contributed by atoms with Gasteiger partial charge in [-0.1, -0.05) is 26.3 Å². The van der Waals surface area contributed by atoms with E-state index in [1.165, 1.54) is 24.1 Å². The first-order chi connectivity index (χ1) is 6.77. The molecule has 1 heterocycles. The maximum Gasteiger partial charge on any atom is 0.0414 e. The van der Waals surface area contributed by atoms with Crippen molar-refractivity contribution < 1.29 is 0 Å². The van der Waals surface area contributed by atoms with Crippen LogP contribution in [-0.4, -0.2) is 6.04 Å². The quantitative estimate of drug-likeness (QED) is 0.750. The molecule has 0 aliphatic heterocycles. The third kappa shape index (κ3) is 3.43. The summed E-state index contributed by atoms with van der Waals surface area (Å²) in [5.41, 5.74) is 0. The Morgan fingerprint density at radius 3 is 2.71 bits per heavy atom. The molecule has 80 valence electrons. The lowest BCUT2D eigenvalue weighted by Crippen LogP contribution is -2.29. The lowest BCUT2D eigenvalue weighted by molar-refractivity contribution is 0.429. The van der Waals surface area contributed by atoms with Crippen LogP contribution in [0.4, 0.5) is 0 Å². The fourth-order valence-corrected chi connectivity index (χ4v) is 2.62. The minimum absolute atomic E-state index is 0.552. The third-order valence-electron chi connectivity index (χ3n) is 2.50. The molecule has 2 atom stereocenters. The van der Waals surface area contributed by atoms with Crippen LogP contribution in [0.5, 0.6) is 0 Å². The summed E-state index contributed by atoms with van der Waals surface area (Å²) in [6.45, 7) is 6.76. The molecule has 2 unspecified atom stereocenters. The molecule has 0 radical (unpaired) electrons. The van der Waals surface area contributed by atoms with Gasteiger partial charge >= 0.3 is 0 Å². The highest BCUT2D eigenvalue weighted by Gasteiger charge is 2.12. The Labute approximate surface area is 91.5 Å². The summed E-state index contributed by atoms with van der Waals surface area (Å²) < 4.78 is 0. The molecule has 1 N–H and O–H groups in total. The fourth-order valence-electron chi connectivity index (χ4n) is 1.75. The van der Waals surface area contributed by atoms with Gasteiger partial charge in [0.2, 0.25) is 0 Å². The second-order valence-electron chi connectivity index (χ2n) is 3.83. The Balaban J connectivity index is 2.47. The maximum absolute atomic E-state index is 3.68. The topological polar surface area (TPSA) is 12.0 Å². The molecule has 0 fully saturated rings. The van der Waals surface area contributed by atoms with Gasteiger partial charge in [0.05, 0.1) is 0 Å². The molecule has 0 saturated heterocycles. The number of thiophene rings is 1. The number of hydrogen-bond acceptors (Lipinski definition) is 2. The first kappa shape index (κ1) is 11.7. The van der Waals surface area contributed by atoms with E-state index in [1.54, 1.807) is 0 Å². The van der Waals surface area contributed by atoms with Crippen LogP contribution < -0.4 is 5.32 Å². The number of nitrogens with one attached hydrogen (secondary N) is 1. The minimum atomic E-state index is 0.552. The normalized spacial score (nSPS) is 15.4. The van der Waals surface area contributed by atoms with Crippen molar-refractivity contribution in [1.29, 1.82) is 0 Å². The summed E-state index contributed by atoms with van der Waals surface area (Å²) >= 11 is 1.85. The van der Waals surface area contributed by atoms with E-state index in [4.69, 9.17) is 0 Å². The first-order valence-electron chi connectivity index (χ1n) is 5.57. The molecule has 1 nitrogen and oxygen atoms in total. The van der Waals surface area contributed by atoms with Crippen LogP contribution >= 0.6 is 11.3 Å². The van der Waals surface area contributed by atoms with Crippen LogP contribution in [0.3, 0.4) is 0 Å². The third-order valence-corrected chi connectivity index (χ3v) is 3.49. The van der Waals surface area contributed by atoms with Crippen molar-refractivity contribution in [3.63, 3.8) is 0 Å². The van der Waals surface area contributed by atoms with E-state index in [0.717, 1.165) is 0 Å². The summed E-state index contributed by atoms with van der Waals surface area (Å²) in [6.07, 6.45) is 3.70. The monoisotopic (exact) mass is 211 g/mol. The van der Waals surface area contributed by atoms with Gasteiger partial charge in [0.1, 0.15) is 0 Å². The van der Waals surface area contributed by atoms with Crippen molar-refractivity contribution in [2.24, 2.45) is 0 Å². The van der Waals surface area contributed by atoms with Gasteiger partial charge in [-0.15, -0.1) is 11.3 Å². The predicted octanol–water partition coefficient (Wildman–Crippen LogP) is 3.98. The molecular formula is C12H21NS. The second-order valence-corrected chi connectivity index (χ2v) is 4.81. The first-order valence-corrected chi connectivity index (χ1v) is 6.45. The van der Waals surface area contributed by atoms with Gasteiger partial charge in [-0.25, -0.2) is 0 Å². The Morgan fingerprint density at radius 2 is 2.21 bits per heavy atom. The molecule has 0 amide bonds. The maximum atomic E-state index is 3.68. The number of rotatable bonds is 6. The SMILES string of the molecule is CCCC(C)NC(CC)c1cccs1. The van der Waals surface area contributed by atoms with E-state index in [1.807, 2.05) is 11.3 Å². The molecule has 1 aromatic heterocycles. The molecule has 0 spiro atoms. The van der Waals surface area contributed by atoms with Gasteiger partial charge in [-0.05, 0) is 31.2 Å². The van der Waals surface area contributed by atoms with Crippen molar-refractivity contribution in [3.8, 4) is 0 Å². The lowest BCUT2D eigenvalue weighted by atomic mass is 10.1. The van der Waals surface area contributed by atoms with E-state index >= 15 is 0 Å². The molecule has 2 heteroatoms. The van der Waals surface area contributed by atoms with E-state index in [0.29, 0.717) is 12.1 Å². The van der Waals surface area contributed by atoms with Gasteiger partial charge in [-0.3, -0.25) is 0 Å². The van der Waals surface area contributed by atoms with Crippen molar-refractivity contribution in [2.45, 2.75) is 52.1 Å². The summed E-state index contributed by atoms with van der Waals surface area (Å²) in [5, 5.41) is 5.84. The highest BCUT2D eigenvalue weighted by atomic mass is 32.1. The molecule has 0 aliphatic carbocycles. The zero-order chi connectivity index (χ0) is 10.4. The second kappa shape index (κ2) is 6.20. The lowest BCUT2D eigenvalue weighted by Gasteiger charge is -2.20. The molecule has 14 heavy (non-hydrogen) atoms. The highest BCUT2D eigenvalue weighted by Crippen LogP contribution is 2.22. The van der Waals surface area contributed by atoms with E-state index in [-0.39, 0.29) is 0 Å². The zero-order valence-corrected chi connectivity index (χ0v) is 10.2. The number of hydrogen-bond donors (Lipinski definition) is 1. The van der Waals surface area contributed by atoms with Crippen molar-refractivity contribution in [3.05, 3.63) is 22.4 Å². The smallest absolute Gasteiger partial charge is 0.0414 e.